The number of amides is 1. The van der Waals surface area contributed by atoms with Gasteiger partial charge in [-0.1, -0.05) is 49.6 Å². The standard InChI is InChI=1S/C23H30N4O/c1-17-20-13-14-22(28)27(15-18-9-5-3-6-10-18)23(20)25-21(24-17)16-26(2)19-11-7-4-8-12-19/h3,5-6,9-10,19H,4,7-8,11-16H2,1-2H3. The highest BCUT2D eigenvalue weighted by Gasteiger charge is 2.28. The Hall–Kier alpha value is -2.27. The van der Waals surface area contributed by atoms with Crippen molar-refractivity contribution < 1.29 is 4.79 Å². The quantitative estimate of drug-likeness (QED) is 0.788. The number of aryl methyl sites for hydroxylation is 1. The molecule has 2 aliphatic rings. The molecule has 1 aromatic carbocycles. The molecule has 1 amide bonds. The fraction of sp³-hybridized carbons (Fsp3) is 0.522. The molecule has 2 heterocycles. The summed E-state index contributed by atoms with van der Waals surface area (Å²) in [6.45, 7) is 3.37. The number of carbonyl (C=O) groups is 1. The van der Waals surface area contributed by atoms with Crippen LogP contribution in [0, 0.1) is 6.92 Å². The van der Waals surface area contributed by atoms with Gasteiger partial charge in [-0.2, -0.15) is 0 Å². The first-order chi connectivity index (χ1) is 13.6. The second-order valence-corrected chi connectivity index (χ2v) is 8.20. The second-order valence-electron chi connectivity index (χ2n) is 8.20. The number of hydrogen-bond acceptors (Lipinski definition) is 4. The van der Waals surface area contributed by atoms with Gasteiger partial charge in [-0.25, -0.2) is 9.97 Å². The molecule has 0 unspecified atom stereocenters. The van der Waals surface area contributed by atoms with E-state index in [1.54, 1.807) is 0 Å². The third-order valence-electron chi connectivity index (χ3n) is 6.16. The Balaban J connectivity index is 1.59. The first-order valence-electron chi connectivity index (χ1n) is 10.5. The van der Waals surface area contributed by atoms with E-state index in [0.717, 1.165) is 41.4 Å². The molecule has 0 radical (unpaired) electrons. The van der Waals surface area contributed by atoms with Crippen molar-refractivity contribution >= 4 is 11.7 Å². The van der Waals surface area contributed by atoms with E-state index in [0.29, 0.717) is 19.0 Å². The SMILES string of the molecule is Cc1nc(CN(C)C2CCCCC2)nc2c1CCC(=O)N2Cc1ccccc1. The van der Waals surface area contributed by atoms with Crippen LogP contribution in [0.3, 0.4) is 0 Å². The molecule has 5 heteroatoms. The topological polar surface area (TPSA) is 49.3 Å². The number of rotatable bonds is 5. The van der Waals surface area contributed by atoms with Crippen LogP contribution in [0.2, 0.25) is 0 Å². The van der Waals surface area contributed by atoms with Crippen molar-refractivity contribution in [3.63, 3.8) is 0 Å². The summed E-state index contributed by atoms with van der Waals surface area (Å²) in [6.07, 6.45) is 7.79. The van der Waals surface area contributed by atoms with Gasteiger partial charge in [0.05, 0.1) is 13.1 Å². The summed E-state index contributed by atoms with van der Waals surface area (Å²) in [7, 11) is 2.18. The second kappa shape index (κ2) is 8.39. The molecule has 5 nitrogen and oxygen atoms in total. The van der Waals surface area contributed by atoms with Gasteiger partial charge < -0.3 is 0 Å². The van der Waals surface area contributed by atoms with Crippen molar-refractivity contribution in [3.05, 3.63) is 53.0 Å². The van der Waals surface area contributed by atoms with E-state index in [2.05, 4.69) is 31.0 Å². The molecule has 0 N–H and O–H groups in total. The van der Waals surface area contributed by atoms with Gasteiger partial charge in [0.15, 0.2) is 0 Å². The van der Waals surface area contributed by atoms with Gasteiger partial charge in [0.1, 0.15) is 11.6 Å². The number of benzene rings is 1. The average molecular weight is 379 g/mol. The lowest BCUT2D eigenvalue weighted by Crippen LogP contribution is -2.37. The fourth-order valence-electron chi connectivity index (χ4n) is 4.51. The van der Waals surface area contributed by atoms with E-state index >= 15 is 0 Å². The highest BCUT2D eigenvalue weighted by molar-refractivity contribution is 5.95. The summed E-state index contributed by atoms with van der Waals surface area (Å²) in [6, 6.07) is 10.8. The highest BCUT2D eigenvalue weighted by Crippen LogP contribution is 2.30. The number of fused-ring (bicyclic) bond motifs is 1. The van der Waals surface area contributed by atoms with Gasteiger partial charge >= 0.3 is 0 Å². The maximum absolute atomic E-state index is 12.7. The molecule has 1 saturated carbocycles. The number of anilines is 1. The molecule has 0 spiro atoms. The molecular formula is C23H30N4O. The lowest BCUT2D eigenvalue weighted by atomic mass is 9.94. The van der Waals surface area contributed by atoms with Crippen LogP contribution in [0.1, 0.15) is 61.2 Å². The van der Waals surface area contributed by atoms with Crippen molar-refractivity contribution in [3.8, 4) is 0 Å². The summed E-state index contributed by atoms with van der Waals surface area (Å²) < 4.78 is 0. The summed E-state index contributed by atoms with van der Waals surface area (Å²) in [5.41, 5.74) is 3.27. The summed E-state index contributed by atoms with van der Waals surface area (Å²) in [5.74, 6) is 1.80. The van der Waals surface area contributed by atoms with Crippen LogP contribution in [-0.2, 0) is 24.3 Å². The predicted molar refractivity (Wildman–Crippen MR) is 111 cm³/mol. The molecule has 1 aliphatic carbocycles. The van der Waals surface area contributed by atoms with Crippen LogP contribution < -0.4 is 4.90 Å². The lowest BCUT2D eigenvalue weighted by molar-refractivity contribution is -0.119. The van der Waals surface area contributed by atoms with Gasteiger partial charge in [-0.05, 0) is 38.8 Å². The monoisotopic (exact) mass is 378 g/mol. The van der Waals surface area contributed by atoms with E-state index in [9.17, 15) is 4.79 Å². The van der Waals surface area contributed by atoms with Gasteiger partial charge in [0.25, 0.3) is 0 Å². The average Bonchev–Trinajstić information content (AvgIpc) is 2.71. The first-order valence-corrected chi connectivity index (χ1v) is 10.5. The molecule has 0 saturated heterocycles. The zero-order valence-corrected chi connectivity index (χ0v) is 17.0. The molecule has 1 fully saturated rings. The molecule has 0 atom stereocenters. The lowest BCUT2D eigenvalue weighted by Gasteiger charge is -2.32. The molecule has 1 aliphatic heterocycles. The molecule has 2 aromatic rings. The maximum atomic E-state index is 12.7. The Kier molecular flexibility index (Phi) is 5.72. The Morgan fingerprint density at radius 2 is 1.82 bits per heavy atom. The van der Waals surface area contributed by atoms with E-state index in [4.69, 9.17) is 9.97 Å². The van der Waals surface area contributed by atoms with Crippen LogP contribution in [0.15, 0.2) is 30.3 Å². The Labute approximate surface area is 167 Å². The molecule has 0 bridgehead atoms. The zero-order valence-electron chi connectivity index (χ0n) is 17.0. The van der Waals surface area contributed by atoms with Crippen molar-refractivity contribution in [2.75, 3.05) is 11.9 Å². The zero-order chi connectivity index (χ0) is 19.5. The Morgan fingerprint density at radius 1 is 1.07 bits per heavy atom. The van der Waals surface area contributed by atoms with Crippen LogP contribution in [0.25, 0.3) is 0 Å². The maximum Gasteiger partial charge on any atom is 0.228 e. The van der Waals surface area contributed by atoms with Crippen molar-refractivity contribution in [1.82, 2.24) is 14.9 Å². The summed E-state index contributed by atoms with van der Waals surface area (Å²) in [4.78, 5) is 26.6. The minimum Gasteiger partial charge on any atom is -0.296 e. The number of aromatic nitrogens is 2. The molecule has 4 rings (SSSR count). The Morgan fingerprint density at radius 3 is 2.57 bits per heavy atom. The van der Waals surface area contributed by atoms with Crippen LogP contribution >= 0.6 is 0 Å². The van der Waals surface area contributed by atoms with Crippen LogP contribution in [0.5, 0.6) is 0 Å². The van der Waals surface area contributed by atoms with Gasteiger partial charge in [0, 0.05) is 23.7 Å². The van der Waals surface area contributed by atoms with Crippen LogP contribution in [-0.4, -0.2) is 33.9 Å². The van der Waals surface area contributed by atoms with Crippen molar-refractivity contribution in [2.24, 2.45) is 0 Å². The van der Waals surface area contributed by atoms with E-state index < -0.39 is 0 Å². The minimum absolute atomic E-state index is 0.154. The van der Waals surface area contributed by atoms with Gasteiger partial charge in [-0.15, -0.1) is 0 Å². The molecular weight excluding hydrogens is 348 g/mol. The van der Waals surface area contributed by atoms with Crippen molar-refractivity contribution in [2.45, 2.75) is 71.0 Å². The Bertz CT molecular complexity index is 830. The van der Waals surface area contributed by atoms with E-state index in [1.165, 1.54) is 32.1 Å². The molecule has 1 aromatic heterocycles. The number of nitrogens with zero attached hydrogens (tertiary/aromatic N) is 4. The smallest absolute Gasteiger partial charge is 0.228 e. The van der Waals surface area contributed by atoms with Crippen LogP contribution in [0.4, 0.5) is 5.82 Å². The largest absolute Gasteiger partial charge is 0.296 e. The summed E-state index contributed by atoms with van der Waals surface area (Å²) >= 11 is 0. The molecule has 28 heavy (non-hydrogen) atoms. The normalized spacial score (nSPS) is 17.8. The van der Waals surface area contributed by atoms with Crippen molar-refractivity contribution in [1.29, 1.82) is 0 Å². The minimum atomic E-state index is 0.154. The fourth-order valence-corrected chi connectivity index (χ4v) is 4.51. The number of hydrogen-bond donors (Lipinski definition) is 0. The third kappa shape index (κ3) is 4.09. The third-order valence-corrected chi connectivity index (χ3v) is 6.16. The highest BCUT2D eigenvalue weighted by atomic mass is 16.2. The van der Waals surface area contributed by atoms with E-state index in [1.807, 2.05) is 23.1 Å². The van der Waals surface area contributed by atoms with E-state index in [-0.39, 0.29) is 5.91 Å². The van der Waals surface area contributed by atoms with Gasteiger partial charge in [-0.3, -0.25) is 14.6 Å². The summed E-state index contributed by atoms with van der Waals surface area (Å²) in [5, 5.41) is 0. The van der Waals surface area contributed by atoms with Gasteiger partial charge in [0.2, 0.25) is 5.91 Å². The molecule has 148 valence electrons. The predicted octanol–water partition coefficient (Wildman–Crippen LogP) is 4.03. The number of carbonyl (C=O) groups excluding carboxylic acids is 1. The first kappa shape index (κ1) is 19.1.